The van der Waals surface area contributed by atoms with Gasteiger partial charge in [-0.2, -0.15) is 0 Å². The lowest BCUT2D eigenvalue weighted by atomic mass is 10.1. The fraction of sp³-hybridized carbons (Fsp3) is 0.683. The van der Waals surface area contributed by atoms with Gasteiger partial charge in [-0.25, -0.2) is 0 Å². The minimum atomic E-state index is -4.72. The third-order valence-electron chi connectivity index (χ3n) is 12.2. The number of nitrogens with zero attached hydrogens (tertiary/aromatic N) is 1. The molecular formula is C63H109N2O7P. The molecule has 0 fully saturated rings. The molecule has 0 aliphatic rings. The van der Waals surface area contributed by atoms with E-state index < -0.39 is 26.6 Å². The van der Waals surface area contributed by atoms with Crippen molar-refractivity contribution in [1.29, 1.82) is 0 Å². The van der Waals surface area contributed by atoms with Gasteiger partial charge in [0, 0.05) is 12.8 Å². The third-order valence-corrected chi connectivity index (χ3v) is 13.2. The molecule has 0 aromatic carbocycles. The first-order chi connectivity index (χ1) is 35.4. The first-order valence-electron chi connectivity index (χ1n) is 29.2. The maximum Gasteiger partial charge on any atom is 0.306 e. The number of carbonyl (C=O) groups is 2. The Morgan fingerprint density at radius 3 is 1.37 bits per heavy atom. The summed E-state index contributed by atoms with van der Waals surface area (Å²) in [6.45, 7) is 6.61. The van der Waals surface area contributed by atoms with Crippen molar-refractivity contribution in [3.63, 3.8) is 0 Å². The predicted molar refractivity (Wildman–Crippen MR) is 311 cm³/mol. The molecule has 3 atom stereocenters. The van der Waals surface area contributed by atoms with Crippen LogP contribution in [0.2, 0.25) is 0 Å². The van der Waals surface area contributed by atoms with Crippen LogP contribution >= 0.6 is 7.82 Å². The van der Waals surface area contributed by atoms with E-state index in [0.29, 0.717) is 23.9 Å². The molecule has 0 rings (SSSR count). The van der Waals surface area contributed by atoms with Gasteiger partial charge >= 0.3 is 5.97 Å². The van der Waals surface area contributed by atoms with Gasteiger partial charge in [0.15, 0.2) is 0 Å². The average molecular weight is 1040 g/mol. The second kappa shape index (κ2) is 52.1. The summed E-state index contributed by atoms with van der Waals surface area (Å²) >= 11 is 0. The van der Waals surface area contributed by atoms with Gasteiger partial charge in [0.2, 0.25) is 5.91 Å². The number of carbonyl (C=O) groups excluding carboxylic acids is 2. The smallest absolute Gasteiger partial charge is 0.306 e. The SMILES string of the molecule is CC/C=C\C/C=C\C/C=C\C/C=C\C/C=C\C/C=C\CCC(=O)NC(COP(=O)([O-])OCC[N+](C)(C)C)C(/C=C/CCCCCCCCCCC)OC(=O)CCCCCCCCC/C=C\C/C=C\CCCCC. The maximum atomic E-state index is 13.5. The number of amides is 1. The highest BCUT2D eigenvalue weighted by atomic mass is 31.2. The molecule has 0 aliphatic carbocycles. The van der Waals surface area contributed by atoms with Crippen LogP contribution in [0, 0.1) is 0 Å². The van der Waals surface area contributed by atoms with Gasteiger partial charge in [-0.15, -0.1) is 0 Å². The molecule has 10 heteroatoms. The number of unbranched alkanes of at least 4 members (excludes halogenated alkanes) is 19. The van der Waals surface area contributed by atoms with Crippen LogP contribution in [-0.4, -0.2) is 69.4 Å². The summed E-state index contributed by atoms with van der Waals surface area (Å²) in [5.74, 6) is -0.656. The molecule has 0 spiro atoms. The van der Waals surface area contributed by atoms with Crippen LogP contribution in [0.25, 0.3) is 0 Å². The number of esters is 1. The second-order valence-corrected chi connectivity index (χ2v) is 21.8. The number of phosphoric acid groups is 1. The van der Waals surface area contributed by atoms with Crippen molar-refractivity contribution in [2.45, 2.75) is 238 Å². The van der Waals surface area contributed by atoms with Crippen LogP contribution in [0.4, 0.5) is 0 Å². The van der Waals surface area contributed by atoms with Crippen LogP contribution in [-0.2, 0) is 27.9 Å². The van der Waals surface area contributed by atoms with Crippen LogP contribution < -0.4 is 10.2 Å². The van der Waals surface area contributed by atoms with E-state index in [-0.39, 0.29) is 31.3 Å². The molecule has 0 radical (unpaired) electrons. The average Bonchev–Trinajstić information content (AvgIpc) is 3.35. The van der Waals surface area contributed by atoms with Crippen LogP contribution in [0.1, 0.15) is 226 Å². The van der Waals surface area contributed by atoms with Gasteiger partial charge in [-0.3, -0.25) is 14.2 Å². The highest BCUT2D eigenvalue weighted by molar-refractivity contribution is 7.45. The number of nitrogens with one attached hydrogen (secondary N) is 1. The van der Waals surface area contributed by atoms with Gasteiger partial charge in [0.25, 0.3) is 7.82 Å². The number of ether oxygens (including phenoxy) is 1. The van der Waals surface area contributed by atoms with E-state index in [4.69, 9.17) is 13.8 Å². The quantitative estimate of drug-likeness (QED) is 0.0212. The first-order valence-corrected chi connectivity index (χ1v) is 30.7. The summed E-state index contributed by atoms with van der Waals surface area (Å²) in [6.07, 6.45) is 70.7. The Morgan fingerprint density at radius 1 is 0.493 bits per heavy atom. The maximum absolute atomic E-state index is 13.5. The van der Waals surface area contributed by atoms with Gasteiger partial charge in [0.1, 0.15) is 19.3 Å². The summed E-state index contributed by atoms with van der Waals surface area (Å²) in [5, 5.41) is 2.97. The van der Waals surface area contributed by atoms with E-state index in [1.807, 2.05) is 39.4 Å². The molecule has 0 aromatic rings. The summed E-state index contributed by atoms with van der Waals surface area (Å²) in [6, 6.07) is -0.938. The van der Waals surface area contributed by atoms with Crippen molar-refractivity contribution in [2.24, 2.45) is 0 Å². The topological polar surface area (TPSA) is 114 Å². The van der Waals surface area contributed by atoms with Crippen molar-refractivity contribution < 1.29 is 37.3 Å². The molecule has 3 unspecified atom stereocenters. The predicted octanol–water partition coefficient (Wildman–Crippen LogP) is 17.1. The lowest BCUT2D eigenvalue weighted by Crippen LogP contribution is -2.47. The summed E-state index contributed by atoms with van der Waals surface area (Å²) in [7, 11) is 1.12. The fourth-order valence-electron chi connectivity index (χ4n) is 7.69. The van der Waals surface area contributed by atoms with E-state index in [2.05, 4.69) is 111 Å². The van der Waals surface area contributed by atoms with Gasteiger partial charge in [-0.1, -0.05) is 220 Å². The Kier molecular flexibility index (Phi) is 49.7. The van der Waals surface area contributed by atoms with Gasteiger partial charge in [-0.05, 0) is 102 Å². The van der Waals surface area contributed by atoms with E-state index in [1.165, 1.54) is 89.9 Å². The van der Waals surface area contributed by atoms with Crippen LogP contribution in [0.5, 0.6) is 0 Å². The molecule has 1 N–H and O–H groups in total. The van der Waals surface area contributed by atoms with Crippen molar-refractivity contribution >= 4 is 19.7 Å². The van der Waals surface area contributed by atoms with E-state index in [0.717, 1.165) is 89.9 Å². The zero-order valence-corrected chi connectivity index (χ0v) is 48.4. The lowest BCUT2D eigenvalue weighted by Gasteiger charge is -2.30. The molecular weight excluding hydrogens is 928 g/mol. The standard InChI is InChI=1S/C63H109N2O7P/c1-7-10-13-16-19-22-25-27-29-31-32-34-35-37-40-43-46-49-52-55-62(66)64-60(59-71-73(68,69)70-58-57-65(4,5)6)61(54-51-48-45-42-39-24-21-18-15-12-9-3)72-63(67)56-53-50-47-44-41-38-36-33-30-28-26-23-20-17-14-11-8-2/h10,13,19-20,22-23,27-30,32,34,37,40,46,49,51,54,60-61H,7-9,11-12,14-18,21,24-26,31,33,35-36,38-39,41-45,47-48,50,52-53,55-59H2,1-6H3,(H-,64,66,68,69)/b13-10-,22-19-,23-20-,29-27-,30-28-,34-32-,40-37-,49-46-,54-51+. The lowest BCUT2D eigenvalue weighted by molar-refractivity contribution is -0.870. The number of phosphoric ester groups is 1. The normalized spacial score (nSPS) is 14.6. The van der Waals surface area contributed by atoms with Crippen molar-refractivity contribution in [1.82, 2.24) is 5.32 Å². The second-order valence-electron chi connectivity index (χ2n) is 20.4. The summed E-state index contributed by atoms with van der Waals surface area (Å²) < 4.78 is 30.2. The van der Waals surface area contributed by atoms with Gasteiger partial charge in [0.05, 0.1) is 33.8 Å². The Labute approximate surface area is 449 Å². The zero-order valence-electron chi connectivity index (χ0n) is 47.5. The van der Waals surface area contributed by atoms with Crippen molar-refractivity contribution in [3.8, 4) is 0 Å². The molecule has 9 nitrogen and oxygen atoms in total. The van der Waals surface area contributed by atoms with Crippen molar-refractivity contribution in [2.75, 3.05) is 40.9 Å². The minimum absolute atomic E-state index is 0.0426. The van der Waals surface area contributed by atoms with E-state index >= 15 is 0 Å². The van der Waals surface area contributed by atoms with Gasteiger partial charge < -0.3 is 28.5 Å². The monoisotopic (exact) mass is 1040 g/mol. The number of hydrogen-bond donors (Lipinski definition) is 1. The molecule has 0 aliphatic heterocycles. The highest BCUT2D eigenvalue weighted by Gasteiger charge is 2.27. The van der Waals surface area contributed by atoms with E-state index in [9.17, 15) is 19.0 Å². The Bertz CT molecular complexity index is 1620. The molecule has 0 bridgehead atoms. The van der Waals surface area contributed by atoms with Crippen molar-refractivity contribution in [3.05, 3.63) is 109 Å². The molecule has 418 valence electrons. The first kappa shape index (κ1) is 69.7. The Morgan fingerprint density at radius 2 is 0.890 bits per heavy atom. The van der Waals surface area contributed by atoms with Crippen LogP contribution in [0.3, 0.4) is 0 Å². The zero-order chi connectivity index (χ0) is 53.6. The van der Waals surface area contributed by atoms with E-state index in [1.54, 1.807) is 6.08 Å². The molecule has 0 saturated carbocycles. The highest BCUT2D eigenvalue weighted by Crippen LogP contribution is 2.38. The largest absolute Gasteiger partial charge is 0.756 e. The number of rotatable bonds is 51. The number of allylic oxidation sites excluding steroid dienone is 17. The Hall–Kier alpha value is -3.33. The number of likely N-dealkylation sites (N-methyl/N-ethyl adjacent to an activating group) is 1. The summed E-state index contributed by atoms with van der Waals surface area (Å²) in [4.78, 5) is 39.8. The van der Waals surface area contributed by atoms with Crippen LogP contribution in [0.15, 0.2) is 109 Å². The molecule has 0 aromatic heterocycles. The molecule has 0 saturated heterocycles. The number of hydrogen-bond acceptors (Lipinski definition) is 7. The summed E-state index contributed by atoms with van der Waals surface area (Å²) in [5.41, 5.74) is 0. The third kappa shape index (κ3) is 53.3. The molecule has 1 amide bonds. The number of quaternary nitrogens is 1. The fourth-order valence-corrected chi connectivity index (χ4v) is 8.41. The Balaban J connectivity index is 5.43. The molecule has 0 heterocycles. The minimum Gasteiger partial charge on any atom is -0.756 e. The molecule has 73 heavy (non-hydrogen) atoms.